The lowest BCUT2D eigenvalue weighted by Gasteiger charge is -2.15. The van der Waals surface area contributed by atoms with Gasteiger partial charge < -0.3 is 24.8 Å². The van der Waals surface area contributed by atoms with Crippen molar-refractivity contribution in [2.45, 2.75) is 12.8 Å². The van der Waals surface area contributed by atoms with Crippen molar-refractivity contribution >= 4 is 17.6 Å². The van der Waals surface area contributed by atoms with Gasteiger partial charge in [-0.3, -0.25) is 4.79 Å². The molecule has 0 unspecified atom stereocenters. The number of aliphatic hydroxyl groups is 1. The van der Waals surface area contributed by atoms with E-state index >= 15 is 0 Å². The number of nitrogens with one attached hydrogen (secondary N) is 1. The number of ether oxygens (including phenoxy) is 2. The summed E-state index contributed by atoms with van der Waals surface area (Å²) in [6, 6.07) is 1.99. The highest BCUT2D eigenvalue weighted by molar-refractivity contribution is 6.08. The molecular formula is C18H20F2N2O5. The SMILES string of the molecule is COC(=O)C1=C(Nc2cc(F)c(OCC3CC3)c(F)c2)C(=O)N(CCO)C1. The number of amides is 1. The van der Waals surface area contributed by atoms with Crippen LogP contribution in [-0.2, 0) is 14.3 Å². The highest BCUT2D eigenvalue weighted by atomic mass is 19.1. The number of anilines is 1. The third kappa shape index (κ3) is 4.19. The molecule has 1 heterocycles. The fourth-order valence-electron chi connectivity index (χ4n) is 2.75. The van der Waals surface area contributed by atoms with E-state index in [0.717, 1.165) is 32.1 Å². The molecule has 1 fully saturated rings. The van der Waals surface area contributed by atoms with Crippen LogP contribution in [-0.4, -0.2) is 55.3 Å². The number of aliphatic hydroxyl groups excluding tert-OH is 1. The maximum absolute atomic E-state index is 14.2. The van der Waals surface area contributed by atoms with Crippen molar-refractivity contribution in [1.29, 1.82) is 0 Å². The van der Waals surface area contributed by atoms with Crippen molar-refractivity contribution in [1.82, 2.24) is 4.90 Å². The minimum atomic E-state index is -0.906. The first-order valence-electron chi connectivity index (χ1n) is 8.55. The van der Waals surface area contributed by atoms with Gasteiger partial charge in [-0.25, -0.2) is 13.6 Å². The van der Waals surface area contributed by atoms with Gasteiger partial charge in [-0.15, -0.1) is 0 Å². The topological polar surface area (TPSA) is 88.1 Å². The minimum Gasteiger partial charge on any atom is -0.487 e. The number of nitrogens with zero attached hydrogens (tertiary/aromatic N) is 1. The van der Waals surface area contributed by atoms with Gasteiger partial charge in [0, 0.05) is 24.4 Å². The number of hydrogen-bond donors (Lipinski definition) is 2. The molecule has 0 aromatic heterocycles. The van der Waals surface area contributed by atoms with Crippen LogP contribution in [0.2, 0.25) is 0 Å². The van der Waals surface area contributed by atoms with Crippen LogP contribution in [0, 0.1) is 17.6 Å². The van der Waals surface area contributed by atoms with Gasteiger partial charge in [0.1, 0.15) is 5.70 Å². The van der Waals surface area contributed by atoms with Gasteiger partial charge in [0.25, 0.3) is 5.91 Å². The lowest BCUT2D eigenvalue weighted by Crippen LogP contribution is -2.31. The molecule has 1 aromatic rings. The average molecular weight is 382 g/mol. The molecule has 1 saturated carbocycles. The fourth-order valence-corrected chi connectivity index (χ4v) is 2.75. The molecular weight excluding hydrogens is 362 g/mol. The predicted molar refractivity (Wildman–Crippen MR) is 90.9 cm³/mol. The Kier molecular flexibility index (Phi) is 5.59. The van der Waals surface area contributed by atoms with E-state index in [4.69, 9.17) is 9.84 Å². The van der Waals surface area contributed by atoms with E-state index in [1.165, 1.54) is 4.90 Å². The van der Waals surface area contributed by atoms with Gasteiger partial charge in [0.15, 0.2) is 17.4 Å². The minimum absolute atomic E-state index is 0.0151. The number of carbonyl (C=O) groups is 2. The first-order chi connectivity index (χ1) is 12.9. The zero-order chi connectivity index (χ0) is 19.6. The second-order valence-corrected chi connectivity index (χ2v) is 6.44. The zero-order valence-corrected chi connectivity index (χ0v) is 14.8. The summed E-state index contributed by atoms with van der Waals surface area (Å²) in [5.74, 6) is -3.25. The Hall–Kier alpha value is -2.68. The molecule has 9 heteroatoms. The smallest absolute Gasteiger partial charge is 0.337 e. The predicted octanol–water partition coefficient (Wildman–Crippen LogP) is 1.43. The second kappa shape index (κ2) is 7.91. The van der Waals surface area contributed by atoms with Crippen LogP contribution in [0.3, 0.4) is 0 Å². The van der Waals surface area contributed by atoms with Crippen LogP contribution in [0.4, 0.5) is 14.5 Å². The summed E-state index contributed by atoms with van der Waals surface area (Å²) in [6.07, 6.45) is 1.97. The molecule has 1 aliphatic carbocycles. The molecule has 0 spiro atoms. The highest BCUT2D eigenvalue weighted by Crippen LogP contribution is 2.32. The van der Waals surface area contributed by atoms with E-state index in [9.17, 15) is 18.4 Å². The summed E-state index contributed by atoms with van der Waals surface area (Å²) < 4.78 is 38.3. The molecule has 1 aromatic carbocycles. The molecule has 0 atom stereocenters. The summed E-state index contributed by atoms with van der Waals surface area (Å²) in [5, 5.41) is 11.6. The second-order valence-electron chi connectivity index (χ2n) is 6.44. The maximum atomic E-state index is 14.2. The average Bonchev–Trinajstić information content (AvgIpc) is 3.41. The molecule has 0 bridgehead atoms. The standard InChI is InChI=1S/C18H20F2N2O5/c1-26-18(25)12-8-22(4-5-23)17(24)15(12)21-11-6-13(19)16(14(20)7-11)27-9-10-2-3-10/h6-7,10,21,23H,2-5,8-9H2,1H3. The Morgan fingerprint density at radius 3 is 2.56 bits per heavy atom. The Bertz CT molecular complexity index is 769. The van der Waals surface area contributed by atoms with Crippen molar-refractivity contribution in [2.24, 2.45) is 5.92 Å². The van der Waals surface area contributed by atoms with Crippen LogP contribution >= 0.6 is 0 Å². The van der Waals surface area contributed by atoms with E-state index in [-0.39, 0.29) is 43.3 Å². The lowest BCUT2D eigenvalue weighted by molar-refractivity contribution is -0.136. The molecule has 0 saturated heterocycles. The number of carbonyl (C=O) groups excluding carboxylic acids is 2. The Labute approximate surface area is 154 Å². The first kappa shape index (κ1) is 19.1. The van der Waals surface area contributed by atoms with Gasteiger partial charge in [0.2, 0.25) is 0 Å². The molecule has 2 aliphatic rings. The highest BCUT2D eigenvalue weighted by Gasteiger charge is 2.34. The number of methoxy groups -OCH3 is 1. The van der Waals surface area contributed by atoms with Gasteiger partial charge in [-0.2, -0.15) is 0 Å². The Morgan fingerprint density at radius 2 is 2.00 bits per heavy atom. The monoisotopic (exact) mass is 382 g/mol. The zero-order valence-electron chi connectivity index (χ0n) is 14.8. The Balaban J connectivity index is 1.82. The van der Waals surface area contributed by atoms with Crippen molar-refractivity contribution in [2.75, 3.05) is 38.7 Å². The molecule has 146 valence electrons. The summed E-state index contributed by atoms with van der Waals surface area (Å²) in [4.78, 5) is 25.6. The number of β-amino-alcohol motifs (C(OH)–C–C–N with tert-alkyl or cyclic N) is 1. The normalized spacial score (nSPS) is 16.7. The first-order valence-corrected chi connectivity index (χ1v) is 8.55. The molecule has 0 radical (unpaired) electrons. The summed E-state index contributed by atoms with van der Waals surface area (Å²) in [6.45, 7) is -0.0836. The molecule has 3 rings (SSSR count). The molecule has 27 heavy (non-hydrogen) atoms. The Morgan fingerprint density at radius 1 is 1.33 bits per heavy atom. The van der Waals surface area contributed by atoms with E-state index < -0.39 is 29.3 Å². The van der Waals surface area contributed by atoms with Gasteiger partial charge in [-0.1, -0.05) is 0 Å². The van der Waals surface area contributed by atoms with Crippen LogP contribution in [0.25, 0.3) is 0 Å². The van der Waals surface area contributed by atoms with E-state index in [0.29, 0.717) is 5.92 Å². The number of benzene rings is 1. The summed E-state index contributed by atoms with van der Waals surface area (Å²) >= 11 is 0. The molecule has 1 aliphatic heterocycles. The quantitative estimate of drug-likeness (QED) is 0.662. The number of hydrogen-bond acceptors (Lipinski definition) is 6. The third-order valence-corrected chi connectivity index (χ3v) is 4.38. The number of rotatable bonds is 8. The van der Waals surface area contributed by atoms with Crippen LogP contribution in [0.5, 0.6) is 5.75 Å². The molecule has 2 N–H and O–H groups in total. The van der Waals surface area contributed by atoms with E-state index in [2.05, 4.69) is 10.1 Å². The fraction of sp³-hybridized carbons (Fsp3) is 0.444. The molecule has 1 amide bonds. The van der Waals surface area contributed by atoms with Gasteiger partial charge >= 0.3 is 5.97 Å². The van der Waals surface area contributed by atoms with Crippen LogP contribution < -0.4 is 10.1 Å². The van der Waals surface area contributed by atoms with Crippen LogP contribution in [0.15, 0.2) is 23.4 Å². The van der Waals surface area contributed by atoms with Crippen molar-refractivity contribution < 1.29 is 33.0 Å². The third-order valence-electron chi connectivity index (χ3n) is 4.38. The molecule has 7 nitrogen and oxygen atoms in total. The lowest BCUT2D eigenvalue weighted by atomic mass is 10.2. The summed E-state index contributed by atoms with van der Waals surface area (Å²) in [5.41, 5.74) is -0.161. The van der Waals surface area contributed by atoms with Crippen molar-refractivity contribution in [3.8, 4) is 5.75 Å². The number of halogens is 2. The maximum Gasteiger partial charge on any atom is 0.337 e. The van der Waals surface area contributed by atoms with Gasteiger partial charge in [0.05, 0.1) is 32.4 Å². The van der Waals surface area contributed by atoms with Crippen LogP contribution in [0.1, 0.15) is 12.8 Å². The van der Waals surface area contributed by atoms with E-state index in [1.807, 2.05) is 0 Å². The van der Waals surface area contributed by atoms with E-state index in [1.54, 1.807) is 0 Å². The van der Waals surface area contributed by atoms with Crippen molar-refractivity contribution in [3.63, 3.8) is 0 Å². The number of esters is 1. The summed E-state index contributed by atoms with van der Waals surface area (Å²) in [7, 11) is 1.16. The van der Waals surface area contributed by atoms with Gasteiger partial charge in [-0.05, 0) is 18.8 Å². The van der Waals surface area contributed by atoms with Crippen molar-refractivity contribution in [3.05, 3.63) is 35.0 Å². The largest absolute Gasteiger partial charge is 0.487 e.